The molecule has 0 aliphatic rings. The van der Waals surface area contributed by atoms with E-state index in [9.17, 15) is 4.79 Å². The number of halogens is 1. The molecule has 0 aliphatic heterocycles. The molecule has 0 unspecified atom stereocenters. The molecule has 0 radical (unpaired) electrons. The van der Waals surface area contributed by atoms with Crippen molar-refractivity contribution in [1.29, 1.82) is 0 Å². The second-order valence-electron chi connectivity index (χ2n) is 4.20. The summed E-state index contributed by atoms with van der Waals surface area (Å²) in [6.45, 7) is 0. The highest BCUT2D eigenvalue weighted by molar-refractivity contribution is 9.10. The molecule has 0 bridgehead atoms. The summed E-state index contributed by atoms with van der Waals surface area (Å²) in [5.74, 6) is -0.173. The molecule has 0 saturated carbocycles. The molecule has 2 heterocycles. The van der Waals surface area contributed by atoms with Crippen LogP contribution in [0.25, 0.3) is 10.9 Å². The van der Waals surface area contributed by atoms with Crippen LogP contribution in [0.2, 0.25) is 0 Å². The number of hydrogen-bond donors (Lipinski definition) is 1. The van der Waals surface area contributed by atoms with Gasteiger partial charge in [0, 0.05) is 17.1 Å². The van der Waals surface area contributed by atoms with E-state index in [0.29, 0.717) is 11.3 Å². The molecule has 1 aromatic carbocycles. The van der Waals surface area contributed by atoms with Crippen molar-refractivity contribution in [3.63, 3.8) is 0 Å². The summed E-state index contributed by atoms with van der Waals surface area (Å²) in [5, 5.41) is 3.66. The Morgan fingerprint density at radius 3 is 2.75 bits per heavy atom. The number of amides is 1. The van der Waals surface area contributed by atoms with Gasteiger partial charge >= 0.3 is 0 Å². The average molecular weight is 328 g/mol. The first-order valence-corrected chi connectivity index (χ1v) is 6.80. The first kappa shape index (κ1) is 12.7. The van der Waals surface area contributed by atoms with Crippen molar-refractivity contribution in [2.75, 3.05) is 5.32 Å². The van der Waals surface area contributed by atoms with Crippen LogP contribution in [0.15, 0.2) is 59.5 Å². The van der Waals surface area contributed by atoms with Crippen molar-refractivity contribution in [3.05, 3.63) is 65.0 Å². The second kappa shape index (κ2) is 5.38. The zero-order valence-corrected chi connectivity index (χ0v) is 12.0. The highest BCUT2D eigenvalue weighted by Gasteiger charge is 2.10. The number of carbonyl (C=O) groups is 1. The van der Waals surface area contributed by atoms with Crippen LogP contribution >= 0.6 is 15.9 Å². The predicted molar refractivity (Wildman–Crippen MR) is 81.6 cm³/mol. The van der Waals surface area contributed by atoms with Crippen LogP contribution in [0, 0.1) is 0 Å². The Morgan fingerprint density at radius 1 is 1.05 bits per heavy atom. The summed E-state index contributed by atoms with van der Waals surface area (Å²) in [5.41, 5.74) is 2.05. The minimum atomic E-state index is -0.173. The molecule has 1 N–H and O–H groups in total. The number of carbonyl (C=O) groups excluding carboxylic acids is 1. The SMILES string of the molecule is O=C(Nc1ccc(Br)nc1)c1cccc2ncccc12. The van der Waals surface area contributed by atoms with Gasteiger partial charge in [0.15, 0.2) is 0 Å². The van der Waals surface area contributed by atoms with Crippen molar-refractivity contribution in [3.8, 4) is 0 Å². The van der Waals surface area contributed by atoms with Crippen molar-refractivity contribution < 1.29 is 4.79 Å². The van der Waals surface area contributed by atoms with Crippen molar-refractivity contribution >= 4 is 38.4 Å². The maximum atomic E-state index is 12.3. The summed E-state index contributed by atoms with van der Waals surface area (Å²) in [6.07, 6.45) is 3.31. The van der Waals surface area contributed by atoms with Crippen LogP contribution in [0.5, 0.6) is 0 Å². The van der Waals surface area contributed by atoms with Crippen LogP contribution in [-0.2, 0) is 0 Å². The Balaban J connectivity index is 1.94. The number of hydrogen-bond acceptors (Lipinski definition) is 3. The van der Waals surface area contributed by atoms with E-state index in [2.05, 4.69) is 31.2 Å². The largest absolute Gasteiger partial charge is 0.321 e. The van der Waals surface area contributed by atoms with Gasteiger partial charge < -0.3 is 5.32 Å². The van der Waals surface area contributed by atoms with Crippen LogP contribution < -0.4 is 5.32 Å². The molecule has 5 heteroatoms. The van der Waals surface area contributed by atoms with Crippen LogP contribution in [-0.4, -0.2) is 15.9 Å². The quantitative estimate of drug-likeness (QED) is 0.731. The number of benzene rings is 1. The molecule has 98 valence electrons. The zero-order chi connectivity index (χ0) is 13.9. The summed E-state index contributed by atoms with van der Waals surface area (Å²) in [7, 11) is 0. The van der Waals surface area contributed by atoms with E-state index in [1.54, 1.807) is 30.6 Å². The maximum absolute atomic E-state index is 12.3. The van der Waals surface area contributed by atoms with Gasteiger partial charge in [-0.15, -0.1) is 0 Å². The molecule has 0 fully saturated rings. The molecule has 4 nitrogen and oxygen atoms in total. The van der Waals surface area contributed by atoms with E-state index in [1.807, 2.05) is 24.3 Å². The highest BCUT2D eigenvalue weighted by Crippen LogP contribution is 2.18. The Hall–Kier alpha value is -2.27. The standard InChI is InChI=1S/C15H10BrN3O/c16-14-7-6-10(9-18-14)19-15(20)12-3-1-5-13-11(12)4-2-8-17-13/h1-9H,(H,19,20). The molecule has 0 spiro atoms. The zero-order valence-electron chi connectivity index (χ0n) is 10.4. The fourth-order valence-corrected chi connectivity index (χ4v) is 2.18. The van der Waals surface area contributed by atoms with E-state index in [0.717, 1.165) is 15.5 Å². The molecule has 3 aromatic rings. The third-order valence-corrected chi connectivity index (χ3v) is 3.34. The Kier molecular flexibility index (Phi) is 3.43. The Labute approximate surface area is 124 Å². The monoisotopic (exact) mass is 327 g/mol. The summed E-state index contributed by atoms with van der Waals surface area (Å²) in [6, 6.07) is 12.8. The van der Waals surface area contributed by atoms with Gasteiger partial charge in [0.2, 0.25) is 0 Å². The first-order valence-electron chi connectivity index (χ1n) is 6.01. The summed E-state index contributed by atoms with van der Waals surface area (Å²) in [4.78, 5) is 20.7. The Morgan fingerprint density at radius 2 is 1.95 bits per heavy atom. The smallest absolute Gasteiger partial charge is 0.256 e. The van der Waals surface area contributed by atoms with Crippen LogP contribution in [0.1, 0.15) is 10.4 Å². The Bertz CT molecular complexity index is 766. The van der Waals surface area contributed by atoms with E-state index in [4.69, 9.17) is 0 Å². The molecule has 2 aromatic heterocycles. The summed E-state index contributed by atoms with van der Waals surface area (Å²) < 4.78 is 0.727. The number of nitrogens with zero attached hydrogens (tertiary/aromatic N) is 2. The number of rotatable bonds is 2. The van der Waals surface area contributed by atoms with Crippen molar-refractivity contribution in [1.82, 2.24) is 9.97 Å². The number of nitrogens with one attached hydrogen (secondary N) is 1. The van der Waals surface area contributed by atoms with Gasteiger partial charge in [0.25, 0.3) is 5.91 Å². The van der Waals surface area contributed by atoms with Gasteiger partial charge in [-0.2, -0.15) is 0 Å². The van der Waals surface area contributed by atoms with E-state index in [1.165, 1.54) is 0 Å². The molecular formula is C15H10BrN3O. The lowest BCUT2D eigenvalue weighted by atomic mass is 10.1. The molecule has 0 saturated heterocycles. The fraction of sp³-hybridized carbons (Fsp3) is 0. The van der Waals surface area contributed by atoms with Crippen molar-refractivity contribution in [2.45, 2.75) is 0 Å². The van der Waals surface area contributed by atoms with Gasteiger partial charge in [-0.1, -0.05) is 12.1 Å². The number of fused-ring (bicyclic) bond motifs is 1. The molecule has 1 amide bonds. The lowest BCUT2D eigenvalue weighted by Crippen LogP contribution is -2.12. The normalized spacial score (nSPS) is 10.4. The lowest BCUT2D eigenvalue weighted by molar-refractivity contribution is 0.102. The molecule has 0 atom stereocenters. The topological polar surface area (TPSA) is 54.9 Å². The lowest BCUT2D eigenvalue weighted by Gasteiger charge is -2.07. The maximum Gasteiger partial charge on any atom is 0.256 e. The molecule has 3 rings (SSSR count). The van der Waals surface area contributed by atoms with E-state index >= 15 is 0 Å². The van der Waals surface area contributed by atoms with Gasteiger partial charge in [0.1, 0.15) is 4.60 Å². The molecule has 0 aliphatic carbocycles. The first-order chi connectivity index (χ1) is 9.74. The van der Waals surface area contributed by atoms with Gasteiger partial charge in [-0.25, -0.2) is 4.98 Å². The molecule has 20 heavy (non-hydrogen) atoms. The van der Waals surface area contributed by atoms with Crippen LogP contribution in [0.4, 0.5) is 5.69 Å². The third kappa shape index (κ3) is 2.53. The van der Waals surface area contributed by atoms with Gasteiger partial charge in [-0.05, 0) is 46.3 Å². The summed E-state index contributed by atoms with van der Waals surface area (Å²) >= 11 is 3.26. The third-order valence-electron chi connectivity index (χ3n) is 2.88. The van der Waals surface area contributed by atoms with Crippen molar-refractivity contribution in [2.24, 2.45) is 0 Å². The number of aromatic nitrogens is 2. The average Bonchev–Trinajstić information content (AvgIpc) is 2.49. The molecular weight excluding hydrogens is 318 g/mol. The van der Waals surface area contributed by atoms with E-state index in [-0.39, 0.29) is 5.91 Å². The minimum Gasteiger partial charge on any atom is -0.321 e. The predicted octanol–water partition coefficient (Wildman–Crippen LogP) is 3.64. The van der Waals surface area contributed by atoms with Gasteiger partial charge in [0.05, 0.1) is 17.4 Å². The highest BCUT2D eigenvalue weighted by atomic mass is 79.9. The number of pyridine rings is 2. The van der Waals surface area contributed by atoms with Crippen LogP contribution in [0.3, 0.4) is 0 Å². The van der Waals surface area contributed by atoms with E-state index < -0.39 is 0 Å². The van der Waals surface area contributed by atoms with Gasteiger partial charge in [-0.3, -0.25) is 9.78 Å². The second-order valence-corrected chi connectivity index (χ2v) is 5.01. The number of anilines is 1. The minimum absolute atomic E-state index is 0.173. The fourth-order valence-electron chi connectivity index (χ4n) is 1.95.